The summed E-state index contributed by atoms with van der Waals surface area (Å²) in [6, 6.07) is 9.92. The molecule has 0 aliphatic rings. The molecule has 0 amide bonds. The van der Waals surface area contributed by atoms with Crippen molar-refractivity contribution in [1.82, 2.24) is 0 Å². The molecule has 0 saturated carbocycles. The van der Waals surface area contributed by atoms with E-state index < -0.39 is 6.10 Å². The molecule has 2 atom stereocenters. The molecule has 2 heteroatoms. The summed E-state index contributed by atoms with van der Waals surface area (Å²) in [5.74, 6) is 0.0702. The Morgan fingerprint density at radius 1 is 1.40 bits per heavy atom. The molecule has 15 heavy (non-hydrogen) atoms. The van der Waals surface area contributed by atoms with Crippen molar-refractivity contribution in [3.63, 3.8) is 0 Å². The first-order valence-corrected chi connectivity index (χ1v) is 5.16. The van der Waals surface area contributed by atoms with Crippen LogP contribution in [0.5, 0.6) is 0 Å². The summed E-state index contributed by atoms with van der Waals surface area (Å²) >= 11 is 0. The van der Waals surface area contributed by atoms with Crippen LogP contribution >= 0.6 is 0 Å². The Balaban J connectivity index is 2.25. The Morgan fingerprint density at radius 3 is 2.67 bits per heavy atom. The van der Waals surface area contributed by atoms with Gasteiger partial charge in [-0.1, -0.05) is 43.3 Å². The lowest BCUT2D eigenvalue weighted by Gasteiger charge is -2.15. The molecule has 0 aliphatic heterocycles. The molecule has 82 valence electrons. The number of aliphatic hydroxyl groups excluding tert-OH is 1. The van der Waals surface area contributed by atoms with Crippen LogP contribution < -0.4 is 0 Å². The molecular weight excluding hydrogens is 188 g/mol. The van der Waals surface area contributed by atoms with Crippen LogP contribution in [0.15, 0.2) is 43.0 Å². The SMILES string of the molecule is C=C[C@H](C)[C@@H](O)COCc1ccccc1. The predicted molar refractivity (Wildman–Crippen MR) is 61.5 cm³/mol. The number of aliphatic hydroxyl groups is 1. The lowest BCUT2D eigenvalue weighted by Crippen LogP contribution is -2.22. The summed E-state index contributed by atoms with van der Waals surface area (Å²) in [5, 5.41) is 9.60. The van der Waals surface area contributed by atoms with E-state index in [9.17, 15) is 5.11 Å². The van der Waals surface area contributed by atoms with Gasteiger partial charge in [-0.2, -0.15) is 0 Å². The van der Waals surface area contributed by atoms with Gasteiger partial charge >= 0.3 is 0 Å². The highest BCUT2D eigenvalue weighted by molar-refractivity contribution is 5.13. The molecule has 0 fully saturated rings. The largest absolute Gasteiger partial charge is 0.390 e. The number of ether oxygens (including phenoxy) is 1. The van der Waals surface area contributed by atoms with Gasteiger partial charge in [-0.05, 0) is 5.56 Å². The van der Waals surface area contributed by atoms with Gasteiger partial charge < -0.3 is 9.84 Å². The maximum atomic E-state index is 9.60. The fraction of sp³-hybridized carbons (Fsp3) is 0.385. The van der Waals surface area contributed by atoms with Crippen LogP contribution in [0.25, 0.3) is 0 Å². The highest BCUT2D eigenvalue weighted by Gasteiger charge is 2.10. The molecule has 0 aromatic heterocycles. The molecule has 1 aromatic carbocycles. The zero-order valence-electron chi connectivity index (χ0n) is 9.10. The van der Waals surface area contributed by atoms with E-state index in [4.69, 9.17) is 4.74 Å². The van der Waals surface area contributed by atoms with Crippen molar-refractivity contribution >= 4 is 0 Å². The Labute approximate surface area is 91.2 Å². The standard InChI is InChI=1S/C13H18O2/c1-3-11(2)13(14)10-15-9-12-7-5-4-6-8-12/h3-8,11,13-14H,1,9-10H2,2H3/t11-,13-/m0/s1. The third kappa shape index (κ3) is 4.28. The topological polar surface area (TPSA) is 29.5 Å². The lowest BCUT2D eigenvalue weighted by molar-refractivity contribution is 0.0118. The van der Waals surface area contributed by atoms with Crippen molar-refractivity contribution < 1.29 is 9.84 Å². The van der Waals surface area contributed by atoms with Crippen molar-refractivity contribution in [2.24, 2.45) is 5.92 Å². The van der Waals surface area contributed by atoms with E-state index in [2.05, 4.69) is 6.58 Å². The van der Waals surface area contributed by atoms with Gasteiger partial charge in [0.2, 0.25) is 0 Å². The quantitative estimate of drug-likeness (QED) is 0.724. The van der Waals surface area contributed by atoms with E-state index in [-0.39, 0.29) is 5.92 Å². The molecule has 1 N–H and O–H groups in total. The lowest BCUT2D eigenvalue weighted by atomic mass is 10.1. The Bertz CT molecular complexity index is 282. The Hall–Kier alpha value is -1.12. The molecule has 1 aromatic rings. The van der Waals surface area contributed by atoms with Gasteiger partial charge in [0.1, 0.15) is 0 Å². The molecule has 0 bridgehead atoms. The summed E-state index contributed by atoms with van der Waals surface area (Å²) < 4.78 is 5.41. The first kappa shape index (κ1) is 12.0. The third-order valence-electron chi connectivity index (χ3n) is 2.38. The van der Waals surface area contributed by atoms with Crippen LogP contribution in [0, 0.1) is 5.92 Å². The molecule has 0 spiro atoms. The molecule has 0 saturated heterocycles. The zero-order chi connectivity index (χ0) is 11.1. The Kier molecular flexibility index (Phi) is 5.08. The van der Waals surface area contributed by atoms with E-state index in [0.717, 1.165) is 5.56 Å². The number of benzene rings is 1. The smallest absolute Gasteiger partial charge is 0.0833 e. The fourth-order valence-corrected chi connectivity index (χ4v) is 1.18. The van der Waals surface area contributed by atoms with Gasteiger partial charge in [0.05, 0.1) is 19.3 Å². The Morgan fingerprint density at radius 2 is 2.07 bits per heavy atom. The molecule has 2 nitrogen and oxygen atoms in total. The van der Waals surface area contributed by atoms with Crippen molar-refractivity contribution in [1.29, 1.82) is 0 Å². The van der Waals surface area contributed by atoms with Crippen molar-refractivity contribution in [2.45, 2.75) is 19.6 Å². The van der Waals surface area contributed by atoms with Crippen LogP contribution in [0.1, 0.15) is 12.5 Å². The maximum absolute atomic E-state index is 9.60. The molecule has 0 unspecified atom stereocenters. The molecule has 0 heterocycles. The normalized spacial score (nSPS) is 14.5. The monoisotopic (exact) mass is 206 g/mol. The van der Waals surface area contributed by atoms with Crippen LogP contribution in [0.2, 0.25) is 0 Å². The summed E-state index contributed by atoms with van der Waals surface area (Å²) in [4.78, 5) is 0. The van der Waals surface area contributed by atoms with Gasteiger partial charge in [0.25, 0.3) is 0 Å². The maximum Gasteiger partial charge on any atom is 0.0833 e. The minimum atomic E-state index is -0.466. The van der Waals surface area contributed by atoms with Crippen LogP contribution in [-0.2, 0) is 11.3 Å². The summed E-state index contributed by atoms with van der Waals surface area (Å²) in [7, 11) is 0. The third-order valence-corrected chi connectivity index (χ3v) is 2.38. The van der Waals surface area contributed by atoms with Crippen LogP contribution in [0.4, 0.5) is 0 Å². The average molecular weight is 206 g/mol. The minimum Gasteiger partial charge on any atom is -0.390 e. The van der Waals surface area contributed by atoms with Gasteiger partial charge in [-0.25, -0.2) is 0 Å². The highest BCUT2D eigenvalue weighted by atomic mass is 16.5. The second-order valence-electron chi connectivity index (χ2n) is 3.66. The average Bonchev–Trinajstić information content (AvgIpc) is 2.29. The predicted octanol–water partition coefficient (Wildman–Crippen LogP) is 2.39. The molecule has 0 radical (unpaired) electrons. The van der Waals surface area contributed by atoms with Crippen molar-refractivity contribution in [3.8, 4) is 0 Å². The molecule has 1 rings (SSSR count). The van der Waals surface area contributed by atoms with Gasteiger partial charge in [0.15, 0.2) is 0 Å². The number of rotatable bonds is 6. The zero-order valence-corrected chi connectivity index (χ0v) is 9.10. The van der Waals surface area contributed by atoms with Crippen LogP contribution in [0.3, 0.4) is 0 Å². The summed E-state index contributed by atoms with van der Waals surface area (Å²) in [5.41, 5.74) is 1.12. The van der Waals surface area contributed by atoms with E-state index >= 15 is 0 Å². The first-order valence-electron chi connectivity index (χ1n) is 5.16. The van der Waals surface area contributed by atoms with E-state index in [1.807, 2.05) is 37.3 Å². The highest BCUT2D eigenvalue weighted by Crippen LogP contribution is 2.06. The first-order chi connectivity index (χ1) is 7.24. The number of hydrogen-bond acceptors (Lipinski definition) is 2. The summed E-state index contributed by atoms with van der Waals surface area (Å²) in [6.45, 7) is 6.45. The van der Waals surface area contributed by atoms with E-state index in [0.29, 0.717) is 13.2 Å². The van der Waals surface area contributed by atoms with E-state index in [1.54, 1.807) is 6.08 Å². The summed E-state index contributed by atoms with van der Waals surface area (Å²) in [6.07, 6.45) is 1.27. The van der Waals surface area contributed by atoms with Gasteiger partial charge in [-0.15, -0.1) is 6.58 Å². The van der Waals surface area contributed by atoms with Crippen molar-refractivity contribution in [2.75, 3.05) is 6.61 Å². The van der Waals surface area contributed by atoms with E-state index in [1.165, 1.54) is 0 Å². The van der Waals surface area contributed by atoms with Crippen molar-refractivity contribution in [3.05, 3.63) is 48.6 Å². The van der Waals surface area contributed by atoms with Gasteiger partial charge in [0, 0.05) is 5.92 Å². The fourth-order valence-electron chi connectivity index (χ4n) is 1.18. The second kappa shape index (κ2) is 6.38. The molecular formula is C13H18O2. The minimum absolute atomic E-state index is 0.0702. The number of hydrogen-bond donors (Lipinski definition) is 1. The van der Waals surface area contributed by atoms with Crippen LogP contribution in [-0.4, -0.2) is 17.8 Å². The second-order valence-corrected chi connectivity index (χ2v) is 3.66. The van der Waals surface area contributed by atoms with Gasteiger partial charge in [-0.3, -0.25) is 0 Å². The molecule has 0 aliphatic carbocycles.